The maximum atomic E-state index is 12.0. The maximum Gasteiger partial charge on any atom is 0.252 e. The Morgan fingerprint density at radius 3 is 2.42 bits per heavy atom. The fourth-order valence-corrected chi connectivity index (χ4v) is 2.81. The number of benzene rings is 2. The van der Waals surface area contributed by atoms with Crippen molar-refractivity contribution in [3.63, 3.8) is 0 Å². The van der Waals surface area contributed by atoms with Gasteiger partial charge in [0, 0.05) is 21.2 Å². The largest absolute Gasteiger partial charge is 0.399 e. The van der Waals surface area contributed by atoms with Gasteiger partial charge in [-0.15, -0.1) is 0 Å². The Morgan fingerprint density at radius 2 is 1.79 bits per heavy atom. The van der Waals surface area contributed by atoms with Crippen LogP contribution < -0.4 is 11.1 Å². The maximum absolute atomic E-state index is 12.0. The van der Waals surface area contributed by atoms with Crippen molar-refractivity contribution in [1.29, 1.82) is 0 Å². The Labute approximate surface area is 128 Å². The van der Waals surface area contributed by atoms with Gasteiger partial charge in [0.25, 0.3) is 5.91 Å². The smallest absolute Gasteiger partial charge is 0.252 e. The van der Waals surface area contributed by atoms with Crippen LogP contribution in [0.15, 0.2) is 51.4 Å². The predicted molar refractivity (Wildman–Crippen MR) is 83.9 cm³/mol. The third-order valence-electron chi connectivity index (χ3n) is 2.61. The van der Waals surface area contributed by atoms with E-state index in [2.05, 4.69) is 37.2 Å². The highest BCUT2D eigenvalue weighted by Crippen LogP contribution is 2.21. The van der Waals surface area contributed by atoms with E-state index in [1.165, 1.54) is 0 Å². The van der Waals surface area contributed by atoms with E-state index in [0.717, 1.165) is 14.5 Å². The molecule has 0 atom stereocenters. The van der Waals surface area contributed by atoms with Crippen molar-refractivity contribution in [2.75, 3.05) is 5.73 Å². The summed E-state index contributed by atoms with van der Waals surface area (Å²) in [5, 5.41) is 2.87. The van der Waals surface area contributed by atoms with Gasteiger partial charge in [-0.1, -0.05) is 28.1 Å². The molecule has 0 aliphatic rings. The summed E-state index contributed by atoms with van der Waals surface area (Å²) in [5.74, 6) is -0.115. The summed E-state index contributed by atoms with van der Waals surface area (Å²) in [5.41, 5.74) is 7.94. The number of halogens is 2. The summed E-state index contributed by atoms with van der Waals surface area (Å²) in [4.78, 5) is 12.0. The molecule has 0 saturated heterocycles. The summed E-state index contributed by atoms with van der Waals surface area (Å²) in [6.45, 7) is 0.474. The molecule has 0 heterocycles. The molecule has 0 aliphatic heterocycles. The number of anilines is 1. The fraction of sp³-hybridized carbons (Fsp3) is 0.0714. The normalized spacial score (nSPS) is 10.2. The number of hydrogen-bond acceptors (Lipinski definition) is 2. The van der Waals surface area contributed by atoms with Crippen LogP contribution in [0.1, 0.15) is 15.9 Å². The van der Waals surface area contributed by atoms with Gasteiger partial charge in [-0.05, 0) is 51.8 Å². The first kappa shape index (κ1) is 14.1. The first-order valence-electron chi connectivity index (χ1n) is 5.64. The molecule has 0 unspecified atom stereocenters. The van der Waals surface area contributed by atoms with Crippen LogP contribution >= 0.6 is 31.9 Å². The highest BCUT2D eigenvalue weighted by Gasteiger charge is 2.09. The number of nitrogens with one attached hydrogen (secondary N) is 1. The number of hydrogen-bond donors (Lipinski definition) is 2. The van der Waals surface area contributed by atoms with Crippen LogP contribution in [-0.2, 0) is 6.54 Å². The molecule has 19 heavy (non-hydrogen) atoms. The molecule has 3 N–H and O–H groups in total. The number of nitrogen functional groups attached to an aromatic ring is 1. The van der Waals surface area contributed by atoms with Gasteiger partial charge in [0.05, 0.1) is 5.56 Å². The number of carbonyl (C=O) groups is 1. The topological polar surface area (TPSA) is 55.1 Å². The highest BCUT2D eigenvalue weighted by atomic mass is 79.9. The predicted octanol–water partition coefficient (Wildman–Crippen LogP) is 3.72. The van der Waals surface area contributed by atoms with Gasteiger partial charge < -0.3 is 11.1 Å². The zero-order chi connectivity index (χ0) is 13.8. The van der Waals surface area contributed by atoms with Gasteiger partial charge in [0.2, 0.25) is 0 Å². The molecule has 3 nitrogen and oxygen atoms in total. The number of nitrogens with two attached hydrogens (primary N) is 1. The third-order valence-corrected chi connectivity index (χ3v) is 3.76. The molecule has 98 valence electrons. The van der Waals surface area contributed by atoms with Crippen molar-refractivity contribution in [3.05, 3.63) is 62.5 Å². The lowest BCUT2D eigenvalue weighted by molar-refractivity contribution is 0.0950. The van der Waals surface area contributed by atoms with Crippen LogP contribution in [0.2, 0.25) is 0 Å². The molecular formula is C14H12Br2N2O. The minimum Gasteiger partial charge on any atom is -0.399 e. The quantitative estimate of drug-likeness (QED) is 0.793. The zero-order valence-electron chi connectivity index (χ0n) is 9.99. The van der Waals surface area contributed by atoms with Crippen LogP contribution in [0.4, 0.5) is 5.69 Å². The lowest BCUT2D eigenvalue weighted by Crippen LogP contribution is -2.23. The molecule has 0 saturated carbocycles. The molecule has 0 bridgehead atoms. The van der Waals surface area contributed by atoms with Crippen molar-refractivity contribution in [2.45, 2.75) is 6.54 Å². The number of amides is 1. The van der Waals surface area contributed by atoms with Crippen molar-refractivity contribution in [3.8, 4) is 0 Å². The highest BCUT2D eigenvalue weighted by molar-refractivity contribution is 9.11. The van der Waals surface area contributed by atoms with Crippen molar-refractivity contribution in [1.82, 2.24) is 5.32 Å². The number of rotatable bonds is 3. The lowest BCUT2D eigenvalue weighted by atomic mass is 10.2. The summed E-state index contributed by atoms with van der Waals surface area (Å²) in [6.07, 6.45) is 0. The van der Waals surface area contributed by atoms with Crippen LogP contribution in [0.25, 0.3) is 0 Å². The van der Waals surface area contributed by atoms with Crippen molar-refractivity contribution < 1.29 is 4.79 Å². The molecule has 2 aromatic carbocycles. The molecule has 2 rings (SSSR count). The lowest BCUT2D eigenvalue weighted by Gasteiger charge is -2.07. The molecule has 1 amide bonds. The van der Waals surface area contributed by atoms with Gasteiger partial charge in [0.15, 0.2) is 0 Å². The van der Waals surface area contributed by atoms with E-state index < -0.39 is 0 Å². The molecule has 0 radical (unpaired) electrons. The molecule has 2 aromatic rings. The van der Waals surface area contributed by atoms with Crippen molar-refractivity contribution >= 4 is 43.5 Å². The third kappa shape index (κ3) is 3.81. The number of carbonyl (C=O) groups excluding carboxylic acids is 1. The van der Waals surface area contributed by atoms with E-state index in [0.29, 0.717) is 17.8 Å². The van der Waals surface area contributed by atoms with E-state index in [1.807, 2.05) is 36.4 Å². The second kappa shape index (κ2) is 6.21. The summed E-state index contributed by atoms with van der Waals surface area (Å²) >= 11 is 6.73. The monoisotopic (exact) mass is 382 g/mol. The molecule has 0 spiro atoms. The van der Waals surface area contributed by atoms with Crippen LogP contribution in [0.3, 0.4) is 0 Å². The van der Waals surface area contributed by atoms with Gasteiger partial charge in [-0.2, -0.15) is 0 Å². The van der Waals surface area contributed by atoms with E-state index in [-0.39, 0.29) is 5.91 Å². The van der Waals surface area contributed by atoms with Crippen LogP contribution in [-0.4, -0.2) is 5.91 Å². The molecule has 5 heteroatoms. The fourth-order valence-electron chi connectivity index (χ4n) is 1.59. The second-order valence-corrected chi connectivity index (χ2v) is 5.82. The van der Waals surface area contributed by atoms with Crippen LogP contribution in [0.5, 0.6) is 0 Å². The first-order chi connectivity index (χ1) is 9.06. The minimum atomic E-state index is -0.115. The summed E-state index contributed by atoms with van der Waals surface area (Å²) in [6, 6.07) is 12.9. The molecule has 0 aliphatic carbocycles. The summed E-state index contributed by atoms with van der Waals surface area (Å²) < 4.78 is 1.69. The Kier molecular flexibility index (Phi) is 4.61. The second-order valence-electron chi connectivity index (χ2n) is 4.05. The first-order valence-corrected chi connectivity index (χ1v) is 7.22. The van der Waals surface area contributed by atoms with E-state index in [9.17, 15) is 4.79 Å². The van der Waals surface area contributed by atoms with Gasteiger partial charge in [0.1, 0.15) is 0 Å². The average Bonchev–Trinajstić information content (AvgIpc) is 2.37. The zero-order valence-corrected chi connectivity index (χ0v) is 13.2. The summed E-state index contributed by atoms with van der Waals surface area (Å²) in [7, 11) is 0. The Hall–Kier alpha value is -1.33. The SMILES string of the molecule is Nc1ccc(CNC(=O)c2ccc(Br)cc2Br)cc1. The van der Waals surface area contributed by atoms with Gasteiger partial charge in [-0.3, -0.25) is 4.79 Å². The molecular weight excluding hydrogens is 372 g/mol. The standard InChI is InChI=1S/C14H12Br2N2O/c15-10-3-6-12(13(16)7-10)14(19)18-8-9-1-4-11(17)5-2-9/h1-7H,8,17H2,(H,18,19). The average molecular weight is 384 g/mol. The minimum absolute atomic E-state index is 0.115. The van der Waals surface area contributed by atoms with E-state index in [1.54, 1.807) is 6.07 Å². The Bertz CT molecular complexity index is 597. The van der Waals surface area contributed by atoms with Crippen molar-refractivity contribution in [2.24, 2.45) is 0 Å². The van der Waals surface area contributed by atoms with Gasteiger partial charge >= 0.3 is 0 Å². The Morgan fingerprint density at radius 1 is 1.11 bits per heavy atom. The molecule has 0 aromatic heterocycles. The Balaban J connectivity index is 2.03. The van der Waals surface area contributed by atoms with E-state index in [4.69, 9.17) is 5.73 Å². The van der Waals surface area contributed by atoms with Gasteiger partial charge in [-0.25, -0.2) is 0 Å². The van der Waals surface area contributed by atoms with Crippen LogP contribution in [0, 0.1) is 0 Å². The molecule has 0 fully saturated rings. The van der Waals surface area contributed by atoms with E-state index >= 15 is 0 Å².